The van der Waals surface area contributed by atoms with E-state index in [4.69, 9.17) is 4.74 Å². The fourth-order valence-corrected chi connectivity index (χ4v) is 6.62. The maximum absolute atomic E-state index is 13.8. The van der Waals surface area contributed by atoms with E-state index >= 15 is 0 Å². The van der Waals surface area contributed by atoms with Crippen molar-refractivity contribution in [1.82, 2.24) is 4.90 Å². The van der Waals surface area contributed by atoms with Crippen LogP contribution >= 0.6 is 0 Å². The van der Waals surface area contributed by atoms with E-state index in [1.54, 1.807) is 4.90 Å². The average molecular weight is 707 g/mol. The van der Waals surface area contributed by atoms with E-state index in [9.17, 15) is 4.79 Å². The van der Waals surface area contributed by atoms with Gasteiger partial charge in [-0.3, -0.25) is 4.90 Å². The Morgan fingerprint density at radius 1 is 0.463 bits per heavy atom. The molecule has 0 heterocycles. The summed E-state index contributed by atoms with van der Waals surface area (Å²) in [6.07, 6.45) is -0.341. The number of rotatable bonds is 11. The van der Waals surface area contributed by atoms with Gasteiger partial charge >= 0.3 is 6.09 Å². The molecule has 0 radical (unpaired) electrons. The van der Waals surface area contributed by atoms with E-state index in [2.05, 4.69) is 163 Å². The molecule has 0 saturated heterocycles. The van der Waals surface area contributed by atoms with Crippen LogP contribution in [0.2, 0.25) is 0 Å². The highest BCUT2D eigenvalue weighted by molar-refractivity contribution is 5.78. The molecule has 0 aromatic heterocycles. The summed E-state index contributed by atoms with van der Waals surface area (Å²) in [6, 6.07) is 63.5. The van der Waals surface area contributed by atoms with Gasteiger partial charge in [-0.1, -0.05) is 146 Å². The highest BCUT2D eigenvalue weighted by atomic mass is 16.6. The summed E-state index contributed by atoms with van der Waals surface area (Å²) in [4.78, 5) is 15.6. The van der Waals surface area contributed by atoms with Crippen LogP contribution in [0.15, 0.2) is 182 Å². The third-order valence-electron chi connectivity index (χ3n) is 9.27. The van der Waals surface area contributed by atoms with Crippen molar-refractivity contribution in [1.29, 1.82) is 0 Å². The number of anilines is 1. The second-order valence-corrected chi connectivity index (χ2v) is 14.7. The molecule has 0 aliphatic heterocycles. The Balaban J connectivity index is 1.12. The molecule has 7 rings (SSSR count). The summed E-state index contributed by atoms with van der Waals surface area (Å²) in [5.74, 6) is 0. The molecule has 268 valence electrons. The monoisotopic (exact) mass is 706 g/mol. The van der Waals surface area contributed by atoms with Gasteiger partial charge in [0.05, 0.1) is 0 Å². The third kappa shape index (κ3) is 9.53. The van der Waals surface area contributed by atoms with Crippen LogP contribution in [-0.4, -0.2) is 16.6 Å². The van der Waals surface area contributed by atoms with Crippen molar-refractivity contribution in [3.05, 3.63) is 199 Å². The molecule has 0 spiro atoms. The van der Waals surface area contributed by atoms with Gasteiger partial charge in [0.1, 0.15) is 5.60 Å². The zero-order valence-electron chi connectivity index (χ0n) is 31.2. The first-order valence-corrected chi connectivity index (χ1v) is 18.6. The maximum Gasteiger partial charge on any atom is 0.410 e. The third-order valence-corrected chi connectivity index (χ3v) is 9.27. The minimum Gasteiger partial charge on any atom is -0.444 e. The molecule has 1 N–H and O–H groups in total. The number of hydrogen-bond donors (Lipinski definition) is 1. The van der Waals surface area contributed by atoms with Crippen molar-refractivity contribution in [3.63, 3.8) is 0 Å². The molecule has 4 nitrogen and oxygen atoms in total. The number of ether oxygens (including phenoxy) is 1. The van der Waals surface area contributed by atoms with Crippen molar-refractivity contribution in [2.75, 3.05) is 5.32 Å². The fourth-order valence-electron chi connectivity index (χ4n) is 6.62. The second kappa shape index (κ2) is 16.5. The van der Waals surface area contributed by atoms with Gasteiger partial charge in [-0.15, -0.1) is 0 Å². The predicted molar refractivity (Wildman–Crippen MR) is 224 cm³/mol. The largest absolute Gasteiger partial charge is 0.444 e. The lowest BCUT2D eigenvalue weighted by molar-refractivity contribution is 0.0216. The minimum absolute atomic E-state index is 0.341. The molecule has 0 atom stereocenters. The first-order valence-electron chi connectivity index (χ1n) is 18.6. The number of carbonyl (C=O) groups excluding carboxylic acids is 1. The van der Waals surface area contributed by atoms with Crippen molar-refractivity contribution < 1.29 is 9.53 Å². The first-order chi connectivity index (χ1) is 26.3. The molecule has 0 aliphatic rings. The summed E-state index contributed by atoms with van der Waals surface area (Å²) in [5.41, 5.74) is 12.8. The number of nitrogens with zero attached hydrogens (tertiary/aromatic N) is 1. The smallest absolute Gasteiger partial charge is 0.410 e. The van der Waals surface area contributed by atoms with E-state index < -0.39 is 5.60 Å². The van der Waals surface area contributed by atoms with E-state index in [0.717, 1.165) is 44.6 Å². The number of carbonyl (C=O) groups is 1. The van der Waals surface area contributed by atoms with Crippen LogP contribution in [0, 0.1) is 0 Å². The van der Waals surface area contributed by atoms with Gasteiger partial charge in [0.25, 0.3) is 0 Å². The SMILES string of the molecule is CC(C)(C)OC(=O)N(Cc1ccc(CNc2cc(-c3ccccc3)cc(-c3ccccc3)c2)cc1)Cc1cc(-c2ccccc2)cc(-c2ccccc2)c1. The highest BCUT2D eigenvalue weighted by Gasteiger charge is 2.23. The molecule has 0 saturated carbocycles. The Bertz CT molecular complexity index is 2160. The van der Waals surface area contributed by atoms with Crippen LogP contribution in [0.3, 0.4) is 0 Å². The lowest BCUT2D eigenvalue weighted by Gasteiger charge is -2.28. The van der Waals surface area contributed by atoms with Gasteiger partial charge < -0.3 is 10.1 Å². The van der Waals surface area contributed by atoms with Crippen molar-refractivity contribution in [3.8, 4) is 44.5 Å². The van der Waals surface area contributed by atoms with E-state index in [-0.39, 0.29) is 6.09 Å². The number of benzene rings is 7. The molecule has 4 heteroatoms. The molecular weight excluding hydrogens is 661 g/mol. The van der Waals surface area contributed by atoms with Crippen molar-refractivity contribution in [2.24, 2.45) is 0 Å². The zero-order valence-corrected chi connectivity index (χ0v) is 31.2. The van der Waals surface area contributed by atoms with Gasteiger partial charge in [-0.05, 0) is 118 Å². The molecule has 7 aromatic carbocycles. The molecule has 0 fully saturated rings. The van der Waals surface area contributed by atoms with Crippen LogP contribution in [0.1, 0.15) is 37.5 Å². The number of amides is 1. The molecular formula is C50H46N2O2. The summed E-state index contributed by atoms with van der Waals surface area (Å²) in [6.45, 7) is 7.21. The highest BCUT2D eigenvalue weighted by Crippen LogP contribution is 2.32. The van der Waals surface area contributed by atoms with E-state index in [1.165, 1.54) is 22.3 Å². The summed E-state index contributed by atoms with van der Waals surface area (Å²) in [5, 5.41) is 3.67. The molecule has 0 unspecified atom stereocenters. The number of nitrogens with one attached hydrogen (secondary N) is 1. The van der Waals surface area contributed by atoms with Crippen molar-refractivity contribution in [2.45, 2.75) is 46.0 Å². The Morgan fingerprint density at radius 2 is 0.833 bits per heavy atom. The Labute approximate surface area is 319 Å². The molecule has 1 amide bonds. The van der Waals surface area contributed by atoms with Crippen LogP contribution in [0.4, 0.5) is 10.5 Å². The van der Waals surface area contributed by atoms with Gasteiger partial charge in [-0.25, -0.2) is 4.79 Å². The average Bonchev–Trinajstić information content (AvgIpc) is 3.21. The lowest BCUT2D eigenvalue weighted by Crippen LogP contribution is -2.36. The minimum atomic E-state index is -0.621. The predicted octanol–water partition coefficient (Wildman–Crippen LogP) is 12.9. The Hall–Kier alpha value is -6.39. The molecule has 0 aliphatic carbocycles. The quantitative estimate of drug-likeness (QED) is 0.146. The lowest BCUT2D eigenvalue weighted by atomic mass is 9.96. The standard InChI is InChI=1S/C50H46N2O2/c1-50(2,3)54-49(53)52(36-39-28-44(40-16-8-4-9-17-40)30-45(29-39)41-18-10-5-11-19-41)35-38-26-24-37(25-27-38)34-51-48-32-46(42-20-12-6-13-21-42)31-47(33-48)43-22-14-7-15-23-43/h4-33,51H,34-36H2,1-3H3. The van der Waals surface area contributed by atoms with Gasteiger partial charge in [0.2, 0.25) is 0 Å². The summed E-state index contributed by atoms with van der Waals surface area (Å²) >= 11 is 0. The maximum atomic E-state index is 13.8. The summed E-state index contributed by atoms with van der Waals surface area (Å²) in [7, 11) is 0. The van der Waals surface area contributed by atoms with E-state index in [1.807, 2.05) is 45.0 Å². The molecule has 0 bridgehead atoms. The first kappa shape index (κ1) is 36.0. The van der Waals surface area contributed by atoms with E-state index in [0.29, 0.717) is 19.6 Å². The Morgan fingerprint density at radius 3 is 1.24 bits per heavy atom. The van der Waals surface area contributed by atoms with Gasteiger partial charge in [0.15, 0.2) is 0 Å². The van der Waals surface area contributed by atoms with Gasteiger partial charge in [0, 0.05) is 25.3 Å². The number of hydrogen-bond acceptors (Lipinski definition) is 3. The van der Waals surface area contributed by atoms with Crippen LogP contribution < -0.4 is 5.32 Å². The van der Waals surface area contributed by atoms with Crippen LogP contribution in [-0.2, 0) is 24.4 Å². The topological polar surface area (TPSA) is 41.6 Å². The zero-order chi connectivity index (χ0) is 37.3. The van der Waals surface area contributed by atoms with Crippen LogP contribution in [0.25, 0.3) is 44.5 Å². The Kier molecular flexibility index (Phi) is 11.0. The second-order valence-electron chi connectivity index (χ2n) is 14.7. The summed E-state index contributed by atoms with van der Waals surface area (Å²) < 4.78 is 5.95. The van der Waals surface area contributed by atoms with Crippen LogP contribution in [0.5, 0.6) is 0 Å². The van der Waals surface area contributed by atoms with Gasteiger partial charge in [-0.2, -0.15) is 0 Å². The van der Waals surface area contributed by atoms with Crippen molar-refractivity contribution >= 4 is 11.8 Å². The molecule has 54 heavy (non-hydrogen) atoms. The normalized spacial score (nSPS) is 11.2. The molecule has 7 aromatic rings. The fraction of sp³-hybridized carbons (Fsp3) is 0.140.